The van der Waals surface area contributed by atoms with Crippen LogP contribution in [0.3, 0.4) is 0 Å². The highest BCUT2D eigenvalue weighted by Crippen LogP contribution is 2.38. The van der Waals surface area contributed by atoms with E-state index in [1.807, 2.05) is 0 Å². The molecule has 2 aliphatic heterocycles. The van der Waals surface area contributed by atoms with Crippen molar-refractivity contribution in [3.8, 4) is 5.69 Å². The zero-order chi connectivity index (χ0) is 23.2. The lowest BCUT2D eigenvalue weighted by molar-refractivity contribution is 0.0500. The van der Waals surface area contributed by atoms with Crippen LogP contribution in [0.25, 0.3) is 5.69 Å². The Kier molecular flexibility index (Phi) is 5.43. The van der Waals surface area contributed by atoms with Gasteiger partial charge in [0.05, 0.1) is 17.6 Å². The van der Waals surface area contributed by atoms with Crippen LogP contribution in [0.15, 0.2) is 24.4 Å². The van der Waals surface area contributed by atoms with Crippen molar-refractivity contribution in [2.45, 2.75) is 64.1 Å². The Labute approximate surface area is 190 Å². The van der Waals surface area contributed by atoms with E-state index in [1.54, 1.807) is 19.1 Å². The van der Waals surface area contributed by atoms with Crippen molar-refractivity contribution in [2.75, 3.05) is 17.2 Å². The third-order valence-corrected chi connectivity index (χ3v) is 6.61. The molecule has 2 fully saturated rings. The summed E-state index contributed by atoms with van der Waals surface area (Å²) >= 11 is 0. The van der Waals surface area contributed by atoms with Gasteiger partial charge in [0.2, 0.25) is 5.95 Å². The van der Waals surface area contributed by atoms with Gasteiger partial charge in [-0.2, -0.15) is 9.67 Å². The molecule has 2 N–H and O–H groups in total. The first-order valence-electron chi connectivity index (χ1n) is 11.2. The third-order valence-electron chi connectivity index (χ3n) is 6.61. The van der Waals surface area contributed by atoms with E-state index in [2.05, 4.69) is 54.9 Å². The van der Waals surface area contributed by atoms with E-state index >= 15 is 0 Å². The van der Waals surface area contributed by atoms with E-state index in [-0.39, 0.29) is 29.0 Å². The molecule has 174 valence electrons. The highest BCUT2D eigenvalue weighted by atomic mass is 19.1. The van der Waals surface area contributed by atoms with Crippen LogP contribution in [-0.2, 0) is 0 Å². The summed E-state index contributed by atoms with van der Waals surface area (Å²) in [6, 6.07) is 5.02. The quantitative estimate of drug-likeness (QED) is 0.603. The molecule has 2 aromatic heterocycles. The zero-order valence-corrected chi connectivity index (χ0v) is 18.9. The van der Waals surface area contributed by atoms with Gasteiger partial charge in [-0.3, -0.25) is 4.90 Å². The lowest BCUT2D eigenvalue weighted by Gasteiger charge is -2.47. The van der Waals surface area contributed by atoms with Gasteiger partial charge in [-0.1, -0.05) is 0 Å². The lowest BCUT2D eigenvalue weighted by Crippen LogP contribution is -2.55. The largest absolute Gasteiger partial charge is 0.365 e. The first-order valence-corrected chi connectivity index (χ1v) is 11.2. The van der Waals surface area contributed by atoms with Gasteiger partial charge in [-0.25, -0.2) is 13.8 Å². The summed E-state index contributed by atoms with van der Waals surface area (Å²) in [6.45, 7) is 7.35. The van der Waals surface area contributed by atoms with Crippen molar-refractivity contribution in [1.82, 2.24) is 35.1 Å². The van der Waals surface area contributed by atoms with Crippen molar-refractivity contribution in [3.05, 3.63) is 41.9 Å². The van der Waals surface area contributed by atoms with Crippen LogP contribution < -0.4 is 10.6 Å². The van der Waals surface area contributed by atoms with Crippen LogP contribution in [0.5, 0.6) is 0 Å². The number of aromatic nitrogens is 6. The number of benzene rings is 1. The average molecular weight is 456 g/mol. The monoisotopic (exact) mass is 455 g/mol. The summed E-state index contributed by atoms with van der Waals surface area (Å²) in [5.74, 6) is -0.255. The van der Waals surface area contributed by atoms with E-state index in [9.17, 15) is 8.78 Å². The summed E-state index contributed by atoms with van der Waals surface area (Å²) in [7, 11) is 0. The summed E-state index contributed by atoms with van der Waals surface area (Å²) in [5, 5.41) is 17.5. The standard InChI is InChI=1S/C22H27F2N9/c1-13-29-30-31-33(13)16-6-7-17(23)19(10-16)27-21-25-12-18(24)20(28-21)26-14-9-15-5-4-8-32(15)22(2,3)11-14/h6-7,10,12,14-15H,4-5,8-9,11H2,1-3H3,(H2,25,26,27,28)/t14-,15+/m1/s1. The molecule has 0 radical (unpaired) electrons. The highest BCUT2D eigenvalue weighted by molar-refractivity contribution is 5.59. The van der Waals surface area contributed by atoms with E-state index in [1.165, 1.54) is 17.2 Å². The molecule has 0 aliphatic carbocycles. The number of hydrogen-bond donors (Lipinski definition) is 2. The Morgan fingerprint density at radius 3 is 2.82 bits per heavy atom. The maximum absolute atomic E-state index is 14.6. The van der Waals surface area contributed by atoms with Gasteiger partial charge in [-0.15, -0.1) is 5.10 Å². The molecule has 0 bridgehead atoms. The molecule has 0 spiro atoms. The number of halogens is 2. The Balaban J connectivity index is 1.36. The molecule has 0 amide bonds. The molecule has 2 aliphatic rings. The van der Waals surface area contributed by atoms with Gasteiger partial charge in [0, 0.05) is 17.6 Å². The molecule has 4 heterocycles. The average Bonchev–Trinajstić information content (AvgIpc) is 3.41. The number of piperidine rings is 1. The van der Waals surface area contributed by atoms with Crippen molar-refractivity contribution >= 4 is 17.5 Å². The first-order chi connectivity index (χ1) is 15.8. The van der Waals surface area contributed by atoms with Gasteiger partial charge in [-0.05, 0) is 81.6 Å². The maximum Gasteiger partial charge on any atom is 0.229 e. The summed E-state index contributed by atoms with van der Waals surface area (Å²) in [5.41, 5.74) is 0.757. The maximum atomic E-state index is 14.6. The number of nitrogens with zero attached hydrogens (tertiary/aromatic N) is 7. The number of rotatable bonds is 5. The molecule has 2 saturated heterocycles. The molecule has 2 atom stereocenters. The van der Waals surface area contributed by atoms with Gasteiger partial charge in [0.1, 0.15) is 5.82 Å². The number of anilines is 3. The summed E-state index contributed by atoms with van der Waals surface area (Å²) < 4.78 is 30.5. The second-order valence-electron chi connectivity index (χ2n) is 9.40. The number of aryl methyl sites for hydroxylation is 1. The van der Waals surface area contributed by atoms with E-state index in [0.717, 1.165) is 32.0 Å². The molecule has 11 heteroatoms. The fourth-order valence-corrected chi connectivity index (χ4v) is 5.17. The Morgan fingerprint density at radius 2 is 2.03 bits per heavy atom. The second-order valence-corrected chi connectivity index (χ2v) is 9.40. The normalized spacial score (nSPS) is 22.2. The molecule has 3 aromatic rings. The fraction of sp³-hybridized carbons (Fsp3) is 0.500. The fourth-order valence-electron chi connectivity index (χ4n) is 5.17. The van der Waals surface area contributed by atoms with Crippen LogP contribution in [-0.4, -0.2) is 59.2 Å². The van der Waals surface area contributed by atoms with Gasteiger partial charge < -0.3 is 10.6 Å². The molecule has 1 aromatic carbocycles. The Hall–Kier alpha value is -3.21. The third kappa shape index (κ3) is 4.24. The first kappa shape index (κ1) is 21.6. The van der Waals surface area contributed by atoms with E-state index < -0.39 is 11.6 Å². The smallest absolute Gasteiger partial charge is 0.229 e. The van der Waals surface area contributed by atoms with Crippen molar-refractivity contribution in [3.63, 3.8) is 0 Å². The van der Waals surface area contributed by atoms with Gasteiger partial charge in [0.15, 0.2) is 17.5 Å². The predicted octanol–water partition coefficient (Wildman–Crippen LogP) is 3.60. The molecule has 0 unspecified atom stereocenters. The van der Waals surface area contributed by atoms with Crippen LogP contribution in [0.4, 0.5) is 26.2 Å². The molecule has 33 heavy (non-hydrogen) atoms. The Bertz CT molecular complexity index is 1160. The minimum atomic E-state index is -0.536. The van der Waals surface area contributed by atoms with Crippen molar-refractivity contribution in [1.29, 1.82) is 0 Å². The number of nitrogens with one attached hydrogen (secondary N) is 2. The highest BCUT2D eigenvalue weighted by Gasteiger charge is 2.43. The number of hydrogen-bond acceptors (Lipinski definition) is 8. The van der Waals surface area contributed by atoms with Crippen LogP contribution in [0.1, 0.15) is 45.4 Å². The number of fused-ring (bicyclic) bond motifs is 1. The second kappa shape index (κ2) is 8.29. The molecule has 0 saturated carbocycles. The topological polar surface area (TPSA) is 96.7 Å². The minimum Gasteiger partial charge on any atom is -0.365 e. The van der Waals surface area contributed by atoms with Gasteiger partial charge in [0.25, 0.3) is 0 Å². The summed E-state index contributed by atoms with van der Waals surface area (Å²) in [6.07, 6.45) is 5.29. The van der Waals surface area contributed by atoms with E-state index in [0.29, 0.717) is 17.6 Å². The molecular formula is C22H27F2N9. The van der Waals surface area contributed by atoms with Crippen LogP contribution >= 0.6 is 0 Å². The molecule has 9 nitrogen and oxygen atoms in total. The zero-order valence-electron chi connectivity index (χ0n) is 18.9. The van der Waals surface area contributed by atoms with E-state index in [4.69, 9.17) is 0 Å². The molecule has 5 rings (SSSR count). The van der Waals surface area contributed by atoms with Gasteiger partial charge >= 0.3 is 0 Å². The van der Waals surface area contributed by atoms with Crippen molar-refractivity contribution in [2.24, 2.45) is 0 Å². The van der Waals surface area contributed by atoms with Crippen molar-refractivity contribution < 1.29 is 8.78 Å². The number of tetrazole rings is 1. The molecular weight excluding hydrogens is 428 g/mol. The summed E-state index contributed by atoms with van der Waals surface area (Å²) in [4.78, 5) is 10.9. The van der Waals surface area contributed by atoms with Crippen LogP contribution in [0, 0.1) is 18.6 Å². The van der Waals surface area contributed by atoms with Crippen LogP contribution in [0.2, 0.25) is 0 Å². The SMILES string of the molecule is Cc1nnnn1-c1ccc(F)c(Nc2ncc(F)c(N[C@@H]3C[C@@H]4CCCN4C(C)(C)C3)n2)c1. The lowest BCUT2D eigenvalue weighted by atomic mass is 9.84. The predicted molar refractivity (Wildman–Crippen MR) is 120 cm³/mol. The Morgan fingerprint density at radius 1 is 1.18 bits per heavy atom. The minimum absolute atomic E-state index is 0.0413.